The van der Waals surface area contributed by atoms with Crippen LogP contribution in [-0.4, -0.2) is 22.9 Å². The van der Waals surface area contributed by atoms with E-state index in [1.54, 1.807) is 6.07 Å². The van der Waals surface area contributed by atoms with Gasteiger partial charge in [0.05, 0.1) is 11.0 Å². The van der Waals surface area contributed by atoms with Crippen LogP contribution in [0.1, 0.15) is 96.0 Å². The van der Waals surface area contributed by atoms with Gasteiger partial charge in [0.25, 0.3) is 0 Å². The van der Waals surface area contributed by atoms with Gasteiger partial charge in [-0.3, -0.25) is 0 Å². The quantitative estimate of drug-likeness (QED) is 0.267. The normalized spacial score (nSPS) is 11.7. The van der Waals surface area contributed by atoms with Gasteiger partial charge in [-0.25, -0.2) is 13.4 Å². The molecule has 0 aliphatic rings. The smallest absolute Gasteiger partial charge is 0.742 e. The number of nitrogens with one attached hydrogen (secondary N) is 1. The number of para-hydroxylation sites is 1. The molecule has 0 amide bonds. The van der Waals surface area contributed by atoms with Crippen molar-refractivity contribution < 1.29 is 42.5 Å². The van der Waals surface area contributed by atoms with Crippen molar-refractivity contribution >= 4 is 21.2 Å². The Labute approximate surface area is 198 Å². The van der Waals surface area contributed by atoms with Gasteiger partial charge in [0.15, 0.2) is 10.1 Å². The van der Waals surface area contributed by atoms with E-state index in [2.05, 4.69) is 16.9 Å². The van der Waals surface area contributed by atoms with E-state index in [1.807, 2.05) is 12.1 Å². The van der Waals surface area contributed by atoms with Crippen LogP contribution in [-0.2, 0) is 16.5 Å². The van der Waals surface area contributed by atoms with Crippen LogP contribution >= 0.6 is 0 Å². The molecule has 1 aromatic carbocycles. The summed E-state index contributed by atoms with van der Waals surface area (Å²) >= 11 is 0. The Hall–Kier alpha value is -0.400. The third-order valence-corrected chi connectivity index (χ3v) is 6.03. The number of H-pyrrole nitrogens is 1. The van der Waals surface area contributed by atoms with Gasteiger partial charge >= 0.3 is 29.6 Å². The van der Waals surface area contributed by atoms with E-state index in [0.717, 1.165) is 18.4 Å². The van der Waals surface area contributed by atoms with Crippen LogP contribution in [0.4, 0.5) is 0 Å². The average Bonchev–Trinajstić information content (AvgIpc) is 3.11. The van der Waals surface area contributed by atoms with Crippen LogP contribution in [0.25, 0.3) is 11.0 Å². The molecule has 0 unspecified atom stereocenters. The molecule has 0 fully saturated rings. The fraction of sp³-hybridized carbons (Fsp3) is 0.682. The molecular weight excluding hydrogens is 395 g/mol. The standard InChI is InChI=1S/C22H36N2O3S.Na/c1-2-3-4-5-6-7-8-9-10-11-12-13-14-16-19-17-15-18-20-21(19)24-22(23-20)28(25,26)27;/h15,17-18H,2-14,16H2,1H3,(H,23,24)(H,25,26,27);/q;+1/p-1. The van der Waals surface area contributed by atoms with Gasteiger partial charge < -0.3 is 9.54 Å². The summed E-state index contributed by atoms with van der Waals surface area (Å²) in [5, 5.41) is -0.486. The molecule has 0 saturated carbocycles. The minimum atomic E-state index is -4.55. The van der Waals surface area contributed by atoms with Crippen LogP contribution in [0.15, 0.2) is 23.4 Å². The molecule has 0 saturated heterocycles. The van der Waals surface area contributed by atoms with Crippen LogP contribution in [0.5, 0.6) is 0 Å². The maximum Gasteiger partial charge on any atom is 1.00 e. The topological polar surface area (TPSA) is 85.9 Å². The van der Waals surface area contributed by atoms with E-state index in [-0.39, 0.29) is 29.6 Å². The molecule has 5 nitrogen and oxygen atoms in total. The maximum absolute atomic E-state index is 11.2. The first kappa shape index (κ1) is 26.6. The number of imidazole rings is 1. The van der Waals surface area contributed by atoms with Gasteiger partial charge in [-0.15, -0.1) is 0 Å². The first-order valence-electron chi connectivity index (χ1n) is 11.0. The second-order valence-electron chi connectivity index (χ2n) is 7.80. The Bertz CT molecular complexity index is 805. The zero-order valence-electron chi connectivity index (χ0n) is 18.2. The molecule has 0 atom stereocenters. The SMILES string of the molecule is CCCCCCCCCCCCCCCc1cccc2[nH]c(S(=O)(=O)[O-])nc12.[Na+]. The summed E-state index contributed by atoms with van der Waals surface area (Å²) < 4.78 is 33.5. The summed E-state index contributed by atoms with van der Waals surface area (Å²) in [4.78, 5) is 6.62. The van der Waals surface area contributed by atoms with Crippen molar-refractivity contribution in [2.75, 3.05) is 0 Å². The predicted molar refractivity (Wildman–Crippen MR) is 113 cm³/mol. The number of nitrogens with zero attached hydrogens (tertiary/aromatic N) is 1. The number of aromatic nitrogens is 2. The molecular formula is C22H35N2NaO3S. The Morgan fingerprint density at radius 3 is 1.90 bits per heavy atom. The van der Waals surface area contributed by atoms with Crippen molar-refractivity contribution in [3.63, 3.8) is 0 Å². The van der Waals surface area contributed by atoms with Gasteiger partial charge in [-0.1, -0.05) is 96.1 Å². The molecule has 0 radical (unpaired) electrons. The van der Waals surface area contributed by atoms with Crippen molar-refractivity contribution in [3.05, 3.63) is 23.8 Å². The van der Waals surface area contributed by atoms with Crippen molar-refractivity contribution in [2.45, 2.75) is 102 Å². The third kappa shape index (κ3) is 9.97. The molecule has 1 N–H and O–H groups in total. The monoisotopic (exact) mass is 430 g/mol. The van der Waals surface area contributed by atoms with Gasteiger partial charge in [-0.05, 0) is 24.5 Å². The Kier molecular flexibility index (Phi) is 13.4. The summed E-state index contributed by atoms with van der Waals surface area (Å²) in [7, 11) is -4.55. The molecule has 2 rings (SSSR count). The molecule has 1 aromatic heterocycles. The van der Waals surface area contributed by atoms with Crippen LogP contribution < -0.4 is 29.6 Å². The first-order valence-corrected chi connectivity index (χ1v) is 12.4. The number of aryl methyl sites for hydroxylation is 1. The molecule has 0 aliphatic heterocycles. The van der Waals surface area contributed by atoms with Gasteiger partial charge in [0.1, 0.15) is 0 Å². The Balaban J connectivity index is 0.00000420. The number of aromatic amines is 1. The molecule has 158 valence electrons. The summed E-state index contributed by atoms with van der Waals surface area (Å²) in [6, 6.07) is 5.59. The van der Waals surface area contributed by atoms with Gasteiger partial charge in [-0.2, -0.15) is 0 Å². The number of fused-ring (bicyclic) bond motifs is 1. The number of unbranched alkanes of at least 4 members (excludes halogenated alkanes) is 12. The zero-order valence-corrected chi connectivity index (χ0v) is 21.0. The van der Waals surface area contributed by atoms with E-state index in [9.17, 15) is 13.0 Å². The second kappa shape index (κ2) is 14.6. The minimum absolute atomic E-state index is 0. The number of hydrogen-bond acceptors (Lipinski definition) is 4. The Morgan fingerprint density at radius 2 is 1.38 bits per heavy atom. The predicted octanol–water partition coefficient (Wildman–Crippen LogP) is 3.10. The number of rotatable bonds is 15. The van der Waals surface area contributed by atoms with E-state index in [1.165, 1.54) is 77.0 Å². The zero-order chi connectivity index (χ0) is 20.2. The average molecular weight is 431 g/mol. The molecule has 2 aromatic rings. The van der Waals surface area contributed by atoms with Crippen molar-refractivity contribution in [1.82, 2.24) is 9.97 Å². The number of hydrogen-bond donors (Lipinski definition) is 1. The van der Waals surface area contributed by atoms with Crippen molar-refractivity contribution in [2.24, 2.45) is 0 Å². The molecule has 1 heterocycles. The van der Waals surface area contributed by atoms with Crippen LogP contribution in [0, 0.1) is 0 Å². The van der Waals surface area contributed by atoms with Crippen LogP contribution in [0.2, 0.25) is 0 Å². The van der Waals surface area contributed by atoms with Gasteiger partial charge in [0, 0.05) is 0 Å². The van der Waals surface area contributed by atoms with Crippen molar-refractivity contribution in [3.8, 4) is 0 Å². The van der Waals surface area contributed by atoms with Gasteiger partial charge in [0.2, 0.25) is 5.16 Å². The largest absolute Gasteiger partial charge is 1.00 e. The second-order valence-corrected chi connectivity index (χ2v) is 9.10. The summed E-state index contributed by atoms with van der Waals surface area (Å²) in [6.07, 6.45) is 18.0. The van der Waals surface area contributed by atoms with Crippen LogP contribution in [0.3, 0.4) is 0 Å². The van der Waals surface area contributed by atoms with E-state index >= 15 is 0 Å². The fourth-order valence-electron chi connectivity index (χ4n) is 3.72. The fourth-order valence-corrected chi connectivity index (χ4v) is 4.16. The molecule has 0 bridgehead atoms. The van der Waals surface area contributed by atoms with Crippen molar-refractivity contribution in [1.29, 1.82) is 0 Å². The third-order valence-electron chi connectivity index (χ3n) is 5.36. The Morgan fingerprint density at radius 1 is 0.862 bits per heavy atom. The molecule has 29 heavy (non-hydrogen) atoms. The van der Waals surface area contributed by atoms with E-state index in [4.69, 9.17) is 0 Å². The summed E-state index contributed by atoms with van der Waals surface area (Å²) in [5.41, 5.74) is 2.23. The molecule has 0 aliphatic carbocycles. The number of benzene rings is 1. The van der Waals surface area contributed by atoms with E-state index in [0.29, 0.717) is 11.0 Å². The van der Waals surface area contributed by atoms with E-state index < -0.39 is 15.3 Å². The molecule has 7 heteroatoms. The maximum atomic E-state index is 11.2. The molecule has 0 spiro atoms. The minimum Gasteiger partial charge on any atom is -0.742 e. The summed E-state index contributed by atoms with van der Waals surface area (Å²) in [6.45, 7) is 2.26. The summed E-state index contributed by atoms with van der Waals surface area (Å²) in [5.74, 6) is 0. The first-order chi connectivity index (χ1) is 13.5.